The summed E-state index contributed by atoms with van der Waals surface area (Å²) >= 11 is 0. The van der Waals surface area contributed by atoms with E-state index in [4.69, 9.17) is 11.0 Å². The van der Waals surface area contributed by atoms with Gasteiger partial charge < -0.3 is 11.1 Å². The van der Waals surface area contributed by atoms with E-state index in [1.54, 1.807) is 7.05 Å². The molecule has 0 aromatic heterocycles. The first kappa shape index (κ1) is 10.9. The topological polar surface area (TPSA) is 78.9 Å². The lowest BCUT2D eigenvalue weighted by Crippen LogP contribution is -2.43. The second kappa shape index (κ2) is 5.56. The average Bonchev–Trinajstić information content (AvgIpc) is 2.11. The Balaban J connectivity index is 3.85. The molecule has 4 heteroatoms. The van der Waals surface area contributed by atoms with Crippen molar-refractivity contribution in [3.8, 4) is 6.07 Å². The molecule has 2 unspecified atom stereocenters. The van der Waals surface area contributed by atoms with E-state index in [1.165, 1.54) is 0 Å². The predicted molar refractivity (Wildman–Crippen MR) is 46.1 cm³/mol. The van der Waals surface area contributed by atoms with Gasteiger partial charge in [-0.15, -0.1) is 0 Å². The van der Waals surface area contributed by atoms with Crippen molar-refractivity contribution < 1.29 is 4.79 Å². The number of likely N-dealkylation sites (N-methyl/N-ethyl adjacent to an activating group) is 1. The van der Waals surface area contributed by atoms with Crippen LogP contribution in [0.15, 0.2) is 0 Å². The van der Waals surface area contributed by atoms with Gasteiger partial charge in [0.25, 0.3) is 0 Å². The molecule has 0 aliphatic rings. The number of nitrogens with one attached hydrogen (secondary N) is 1. The fourth-order valence-corrected chi connectivity index (χ4v) is 0.897. The first-order valence-electron chi connectivity index (χ1n) is 3.97. The SMILES string of the molecule is CNC(=O)C(N)C(C)CCC#N. The fraction of sp³-hybridized carbons (Fsp3) is 0.750. The van der Waals surface area contributed by atoms with Crippen molar-refractivity contribution in [1.29, 1.82) is 5.26 Å². The second-order valence-corrected chi connectivity index (χ2v) is 2.81. The number of rotatable bonds is 4. The van der Waals surface area contributed by atoms with Crippen LogP contribution in [0.2, 0.25) is 0 Å². The highest BCUT2D eigenvalue weighted by Gasteiger charge is 2.18. The summed E-state index contributed by atoms with van der Waals surface area (Å²) in [6, 6.07) is 1.53. The zero-order valence-corrected chi connectivity index (χ0v) is 7.50. The molecule has 3 N–H and O–H groups in total. The van der Waals surface area contributed by atoms with Crippen molar-refractivity contribution in [3.63, 3.8) is 0 Å². The van der Waals surface area contributed by atoms with E-state index in [2.05, 4.69) is 5.32 Å². The zero-order chi connectivity index (χ0) is 9.56. The summed E-state index contributed by atoms with van der Waals surface area (Å²) in [5.41, 5.74) is 5.59. The van der Waals surface area contributed by atoms with Crippen LogP contribution in [0.25, 0.3) is 0 Å². The molecule has 0 fully saturated rings. The molecule has 0 saturated carbocycles. The smallest absolute Gasteiger partial charge is 0.236 e. The molecule has 4 nitrogen and oxygen atoms in total. The van der Waals surface area contributed by atoms with Gasteiger partial charge in [-0.25, -0.2) is 0 Å². The fourth-order valence-electron chi connectivity index (χ4n) is 0.897. The van der Waals surface area contributed by atoms with Gasteiger partial charge in [-0.2, -0.15) is 5.26 Å². The van der Waals surface area contributed by atoms with Crippen LogP contribution in [0.1, 0.15) is 19.8 Å². The minimum absolute atomic E-state index is 0.0598. The third kappa shape index (κ3) is 3.35. The molecule has 0 saturated heterocycles. The Kier molecular flexibility index (Phi) is 5.06. The summed E-state index contributed by atoms with van der Waals surface area (Å²) < 4.78 is 0. The van der Waals surface area contributed by atoms with Crippen LogP contribution in [0.3, 0.4) is 0 Å². The minimum Gasteiger partial charge on any atom is -0.358 e. The highest BCUT2D eigenvalue weighted by Crippen LogP contribution is 2.08. The van der Waals surface area contributed by atoms with E-state index < -0.39 is 6.04 Å². The molecule has 0 radical (unpaired) electrons. The van der Waals surface area contributed by atoms with Gasteiger partial charge >= 0.3 is 0 Å². The largest absolute Gasteiger partial charge is 0.358 e. The van der Waals surface area contributed by atoms with Gasteiger partial charge in [0.1, 0.15) is 0 Å². The monoisotopic (exact) mass is 169 g/mol. The summed E-state index contributed by atoms with van der Waals surface area (Å²) in [4.78, 5) is 11.0. The molecule has 0 bridgehead atoms. The third-order valence-corrected chi connectivity index (χ3v) is 1.87. The summed E-state index contributed by atoms with van der Waals surface area (Å²) in [5, 5.41) is 10.8. The van der Waals surface area contributed by atoms with Gasteiger partial charge in [0, 0.05) is 13.5 Å². The van der Waals surface area contributed by atoms with Crippen molar-refractivity contribution in [1.82, 2.24) is 5.32 Å². The van der Waals surface area contributed by atoms with Gasteiger partial charge in [0.05, 0.1) is 12.1 Å². The summed E-state index contributed by atoms with van der Waals surface area (Å²) in [7, 11) is 1.55. The summed E-state index contributed by atoms with van der Waals surface area (Å²) in [6.45, 7) is 1.87. The number of nitrogens with zero attached hydrogens (tertiary/aromatic N) is 1. The maximum absolute atomic E-state index is 11.0. The van der Waals surface area contributed by atoms with E-state index in [-0.39, 0.29) is 11.8 Å². The van der Waals surface area contributed by atoms with Crippen molar-refractivity contribution in [2.45, 2.75) is 25.8 Å². The molecule has 0 aromatic rings. The number of hydrogen-bond acceptors (Lipinski definition) is 3. The lowest BCUT2D eigenvalue weighted by molar-refractivity contribution is -0.122. The average molecular weight is 169 g/mol. The molecule has 0 rings (SSSR count). The highest BCUT2D eigenvalue weighted by molar-refractivity contribution is 5.81. The standard InChI is InChI=1S/C8H15N3O/c1-6(4-3-5-9)7(10)8(12)11-2/h6-7H,3-4,10H2,1-2H3,(H,11,12). The van der Waals surface area contributed by atoms with Crippen LogP contribution in [0.5, 0.6) is 0 Å². The maximum atomic E-state index is 11.0. The lowest BCUT2D eigenvalue weighted by Gasteiger charge is -2.16. The van der Waals surface area contributed by atoms with E-state index in [0.717, 1.165) is 0 Å². The molecule has 2 atom stereocenters. The maximum Gasteiger partial charge on any atom is 0.236 e. The Morgan fingerprint density at radius 3 is 2.75 bits per heavy atom. The molecule has 0 aromatic carbocycles. The molecule has 68 valence electrons. The summed E-state index contributed by atoms with van der Waals surface area (Å²) in [6.07, 6.45) is 1.12. The Bertz CT molecular complexity index is 185. The number of nitrogens with two attached hydrogens (primary N) is 1. The lowest BCUT2D eigenvalue weighted by atomic mass is 9.97. The summed E-state index contributed by atoms with van der Waals surface area (Å²) in [5.74, 6) is -0.106. The van der Waals surface area contributed by atoms with Gasteiger partial charge in [0.15, 0.2) is 0 Å². The van der Waals surface area contributed by atoms with Crippen LogP contribution in [-0.4, -0.2) is 19.0 Å². The third-order valence-electron chi connectivity index (χ3n) is 1.87. The number of carbonyl (C=O) groups excluding carboxylic acids is 1. The Labute approximate surface area is 72.7 Å². The minimum atomic E-state index is -0.497. The van der Waals surface area contributed by atoms with Crippen LogP contribution in [0, 0.1) is 17.2 Å². The van der Waals surface area contributed by atoms with Crippen LogP contribution in [0.4, 0.5) is 0 Å². The van der Waals surface area contributed by atoms with Crippen molar-refractivity contribution in [2.75, 3.05) is 7.05 Å². The molecule has 0 aliphatic carbocycles. The van der Waals surface area contributed by atoms with Crippen molar-refractivity contribution >= 4 is 5.91 Å². The molecule has 0 heterocycles. The molecule has 1 amide bonds. The first-order valence-corrected chi connectivity index (χ1v) is 3.97. The Hall–Kier alpha value is -1.08. The van der Waals surface area contributed by atoms with E-state index in [0.29, 0.717) is 12.8 Å². The zero-order valence-electron chi connectivity index (χ0n) is 7.50. The van der Waals surface area contributed by atoms with Gasteiger partial charge in [0.2, 0.25) is 5.91 Å². The molecular formula is C8H15N3O. The quantitative estimate of drug-likeness (QED) is 0.621. The number of nitriles is 1. The van der Waals surface area contributed by atoms with Crippen LogP contribution < -0.4 is 11.1 Å². The second-order valence-electron chi connectivity index (χ2n) is 2.81. The predicted octanol–water partition coefficient (Wildman–Crippen LogP) is -0.000420. The van der Waals surface area contributed by atoms with Crippen LogP contribution >= 0.6 is 0 Å². The van der Waals surface area contributed by atoms with E-state index >= 15 is 0 Å². The van der Waals surface area contributed by atoms with E-state index in [1.807, 2.05) is 13.0 Å². The van der Waals surface area contributed by atoms with Gasteiger partial charge in [-0.3, -0.25) is 4.79 Å². The Morgan fingerprint density at radius 2 is 2.33 bits per heavy atom. The molecule has 0 aliphatic heterocycles. The molecular weight excluding hydrogens is 154 g/mol. The Morgan fingerprint density at radius 1 is 1.75 bits per heavy atom. The molecule has 0 spiro atoms. The van der Waals surface area contributed by atoms with Crippen molar-refractivity contribution in [2.24, 2.45) is 11.7 Å². The molecule has 12 heavy (non-hydrogen) atoms. The number of carbonyl (C=O) groups is 1. The van der Waals surface area contributed by atoms with Crippen LogP contribution in [-0.2, 0) is 4.79 Å². The van der Waals surface area contributed by atoms with E-state index in [9.17, 15) is 4.79 Å². The first-order chi connectivity index (χ1) is 5.63. The number of amides is 1. The van der Waals surface area contributed by atoms with Gasteiger partial charge in [-0.05, 0) is 12.3 Å². The van der Waals surface area contributed by atoms with Gasteiger partial charge in [-0.1, -0.05) is 6.92 Å². The normalized spacial score (nSPS) is 14.5. The highest BCUT2D eigenvalue weighted by atomic mass is 16.2. The van der Waals surface area contributed by atoms with Crippen molar-refractivity contribution in [3.05, 3.63) is 0 Å². The number of hydrogen-bond donors (Lipinski definition) is 2.